The van der Waals surface area contributed by atoms with Gasteiger partial charge < -0.3 is 10.2 Å². The molecule has 0 bridgehead atoms. The van der Waals surface area contributed by atoms with Crippen molar-refractivity contribution in [2.24, 2.45) is 5.84 Å². The molecule has 0 amide bonds. The molecular formula is C11H17N3O3. The molecule has 0 aliphatic rings. The molecule has 0 spiro atoms. The Morgan fingerprint density at radius 1 is 1.59 bits per heavy atom. The van der Waals surface area contributed by atoms with Gasteiger partial charge in [0, 0.05) is 0 Å². The van der Waals surface area contributed by atoms with Gasteiger partial charge >= 0.3 is 5.69 Å². The van der Waals surface area contributed by atoms with Crippen LogP contribution in [0, 0.1) is 10.1 Å². The van der Waals surface area contributed by atoms with Crippen LogP contribution in [0.15, 0.2) is 18.2 Å². The van der Waals surface area contributed by atoms with Gasteiger partial charge in [0.05, 0.1) is 11.0 Å². The Bertz CT molecular complexity index is 396. The fourth-order valence-electron chi connectivity index (χ4n) is 1.60. The number of anilines is 1. The highest BCUT2D eigenvalue weighted by Crippen LogP contribution is 2.34. The molecule has 3 N–H and O–H groups in total. The number of benzene rings is 1. The van der Waals surface area contributed by atoms with Crippen LogP contribution in [0.5, 0.6) is 5.75 Å². The molecule has 1 unspecified atom stereocenters. The number of para-hydroxylation sites is 1. The van der Waals surface area contributed by atoms with Crippen molar-refractivity contribution in [3.05, 3.63) is 28.3 Å². The van der Waals surface area contributed by atoms with E-state index in [4.69, 9.17) is 10.6 Å². The SMILES string of the molecule is CCCC(C)Oc1cccc(NN)c1[N+](=O)[O-]. The lowest BCUT2D eigenvalue weighted by molar-refractivity contribution is -0.385. The average Bonchev–Trinajstić information content (AvgIpc) is 2.28. The fraction of sp³-hybridized carbons (Fsp3) is 0.455. The van der Waals surface area contributed by atoms with Crippen molar-refractivity contribution in [1.82, 2.24) is 0 Å². The second-order valence-electron chi connectivity index (χ2n) is 3.77. The number of nitrogens with one attached hydrogen (secondary N) is 1. The van der Waals surface area contributed by atoms with Crippen LogP contribution < -0.4 is 16.0 Å². The first-order valence-corrected chi connectivity index (χ1v) is 5.50. The third-order valence-electron chi connectivity index (χ3n) is 2.36. The van der Waals surface area contributed by atoms with Crippen molar-refractivity contribution in [2.75, 3.05) is 5.43 Å². The molecule has 1 aromatic carbocycles. The number of hydrazine groups is 1. The molecule has 6 nitrogen and oxygen atoms in total. The van der Waals surface area contributed by atoms with Crippen LogP contribution in [0.1, 0.15) is 26.7 Å². The summed E-state index contributed by atoms with van der Waals surface area (Å²) in [7, 11) is 0. The van der Waals surface area contributed by atoms with Gasteiger partial charge in [0.15, 0.2) is 5.75 Å². The first-order valence-electron chi connectivity index (χ1n) is 5.50. The van der Waals surface area contributed by atoms with Crippen molar-refractivity contribution in [3.8, 4) is 5.75 Å². The molecule has 0 radical (unpaired) electrons. The van der Waals surface area contributed by atoms with E-state index in [1.165, 1.54) is 6.07 Å². The number of nitrogens with zero attached hydrogens (tertiary/aromatic N) is 1. The predicted molar refractivity (Wildman–Crippen MR) is 65.9 cm³/mol. The minimum atomic E-state index is -0.497. The van der Waals surface area contributed by atoms with E-state index in [0.29, 0.717) is 0 Å². The smallest absolute Gasteiger partial charge is 0.335 e. The molecule has 1 atom stereocenters. The van der Waals surface area contributed by atoms with Gasteiger partial charge in [0.1, 0.15) is 5.69 Å². The summed E-state index contributed by atoms with van der Waals surface area (Å²) >= 11 is 0. The van der Waals surface area contributed by atoms with E-state index in [1.807, 2.05) is 13.8 Å². The number of hydrogen-bond donors (Lipinski definition) is 2. The molecule has 6 heteroatoms. The highest BCUT2D eigenvalue weighted by Gasteiger charge is 2.21. The van der Waals surface area contributed by atoms with E-state index in [1.54, 1.807) is 12.1 Å². The van der Waals surface area contributed by atoms with E-state index >= 15 is 0 Å². The van der Waals surface area contributed by atoms with E-state index in [0.717, 1.165) is 12.8 Å². The molecule has 0 heterocycles. The number of nitrogen functional groups attached to an aromatic ring is 1. The molecule has 0 saturated heterocycles. The van der Waals surface area contributed by atoms with Gasteiger partial charge in [-0.2, -0.15) is 0 Å². The van der Waals surface area contributed by atoms with E-state index in [9.17, 15) is 10.1 Å². The van der Waals surface area contributed by atoms with Crippen LogP contribution in [-0.2, 0) is 0 Å². The number of rotatable bonds is 6. The maximum atomic E-state index is 11.0. The summed E-state index contributed by atoms with van der Waals surface area (Å²) in [5.74, 6) is 5.48. The zero-order valence-corrected chi connectivity index (χ0v) is 9.97. The first-order chi connectivity index (χ1) is 8.10. The second-order valence-corrected chi connectivity index (χ2v) is 3.77. The fourth-order valence-corrected chi connectivity index (χ4v) is 1.60. The van der Waals surface area contributed by atoms with Gasteiger partial charge in [0.2, 0.25) is 0 Å². The predicted octanol–water partition coefficient (Wildman–Crippen LogP) is 2.45. The van der Waals surface area contributed by atoms with Crippen LogP contribution in [0.25, 0.3) is 0 Å². The van der Waals surface area contributed by atoms with Crippen molar-refractivity contribution in [3.63, 3.8) is 0 Å². The zero-order valence-electron chi connectivity index (χ0n) is 9.97. The normalized spacial score (nSPS) is 11.9. The number of nitro groups is 1. The molecule has 0 aliphatic carbocycles. The highest BCUT2D eigenvalue weighted by molar-refractivity contribution is 5.67. The Balaban J connectivity index is 3.02. The van der Waals surface area contributed by atoms with Gasteiger partial charge in [-0.15, -0.1) is 0 Å². The topological polar surface area (TPSA) is 90.4 Å². The summed E-state index contributed by atoms with van der Waals surface area (Å²) in [6, 6.07) is 4.77. The van der Waals surface area contributed by atoms with Crippen molar-refractivity contribution < 1.29 is 9.66 Å². The average molecular weight is 239 g/mol. The lowest BCUT2D eigenvalue weighted by Crippen LogP contribution is -2.14. The number of hydrogen-bond acceptors (Lipinski definition) is 5. The number of nitrogens with two attached hydrogens (primary N) is 1. The molecule has 17 heavy (non-hydrogen) atoms. The Morgan fingerprint density at radius 3 is 2.82 bits per heavy atom. The summed E-state index contributed by atoms with van der Waals surface area (Å²) in [6.07, 6.45) is 1.74. The minimum absolute atomic E-state index is 0.0632. The quantitative estimate of drug-likeness (QED) is 0.452. The summed E-state index contributed by atoms with van der Waals surface area (Å²) in [5, 5.41) is 11.0. The third-order valence-corrected chi connectivity index (χ3v) is 2.36. The monoisotopic (exact) mass is 239 g/mol. The molecule has 0 aliphatic heterocycles. The van der Waals surface area contributed by atoms with Gasteiger partial charge in [-0.05, 0) is 25.5 Å². The lowest BCUT2D eigenvalue weighted by Gasteiger charge is -2.14. The Labute approximate surface area is 99.9 Å². The van der Waals surface area contributed by atoms with Crippen molar-refractivity contribution in [1.29, 1.82) is 0 Å². The summed E-state index contributed by atoms with van der Waals surface area (Å²) in [6.45, 7) is 3.92. The Kier molecular flexibility index (Phi) is 4.71. The van der Waals surface area contributed by atoms with Crippen molar-refractivity contribution in [2.45, 2.75) is 32.8 Å². The van der Waals surface area contributed by atoms with Gasteiger partial charge in [-0.1, -0.05) is 19.4 Å². The highest BCUT2D eigenvalue weighted by atomic mass is 16.6. The van der Waals surface area contributed by atoms with E-state index in [-0.39, 0.29) is 23.2 Å². The van der Waals surface area contributed by atoms with E-state index < -0.39 is 4.92 Å². The van der Waals surface area contributed by atoms with Gasteiger partial charge in [-0.25, -0.2) is 0 Å². The van der Waals surface area contributed by atoms with Crippen LogP contribution in [0.3, 0.4) is 0 Å². The van der Waals surface area contributed by atoms with Crippen LogP contribution >= 0.6 is 0 Å². The van der Waals surface area contributed by atoms with Gasteiger partial charge in [-0.3, -0.25) is 16.0 Å². The molecule has 1 rings (SSSR count). The third kappa shape index (κ3) is 3.32. The standard InChI is InChI=1S/C11H17N3O3/c1-3-5-8(2)17-10-7-4-6-9(13-12)11(10)14(15)16/h4,6-8,13H,3,5,12H2,1-2H3. The summed E-state index contributed by atoms with van der Waals surface area (Å²) in [5.41, 5.74) is 2.42. The molecule has 1 aromatic rings. The van der Waals surface area contributed by atoms with E-state index in [2.05, 4.69) is 5.43 Å². The molecule has 0 saturated carbocycles. The van der Waals surface area contributed by atoms with Gasteiger partial charge in [0.25, 0.3) is 0 Å². The molecule has 0 aromatic heterocycles. The molecular weight excluding hydrogens is 222 g/mol. The number of nitro benzene ring substituents is 1. The molecule has 94 valence electrons. The van der Waals surface area contributed by atoms with Crippen LogP contribution in [0.2, 0.25) is 0 Å². The zero-order chi connectivity index (χ0) is 12.8. The first kappa shape index (κ1) is 13.2. The summed E-state index contributed by atoms with van der Waals surface area (Å²) in [4.78, 5) is 10.5. The maximum Gasteiger partial charge on any atom is 0.335 e. The lowest BCUT2D eigenvalue weighted by atomic mass is 10.2. The van der Waals surface area contributed by atoms with Crippen molar-refractivity contribution >= 4 is 11.4 Å². The maximum absolute atomic E-state index is 11.0. The second kappa shape index (κ2) is 6.05. The Hall–Kier alpha value is -1.82. The Morgan fingerprint density at radius 2 is 2.29 bits per heavy atom. The number of ether oxygens (including phenoxy) is 1. The molecule has 0 fully saturated rings. The minimum Gasteiger partial charge on any atom is -0.484 e. The largest absolute Gasteiger partial charge is 0.484 e. The van der Waals surface area contributed by atoms with Crippen LogP contribution in [-0.4, -0.2) is 11.0 Å². The summed E-state index contributed by atoms with van der Waals surface area (Å²) < 4.78 is 5.55. The van der Waals surface area contributed by atoms with Crippen LogP contribution in [0.4, 0.5) is 11.4 Å².